The van der Waals surface area contributed by atoms with Crippen molar-refractivity contribution < 1.29 is 4.79 Å². The molecule has 2 N–H and O–H groups in total. The molecule has 1 aliphatic rings. The van der Waals surface area contributed by atoms with E-state index in [9.17, 15) is 4.79 Å². The molecule has 1 aromatic carbocycles. The number of carbonyl (C=O) groups is 1. The van der Waals surface area contributed by atoms with Gasteiger partial charge in [-0.3, -0.25) is 4.79 Å². The largest absolute Gasteiger partial charge is 0.380 e. The van der Waals surface area contributed by atoms with E-state index >= 15 is 0 Å². The molecule has 1 fully saturated rings. The minimum atomic E-state index is 0.0476. The Bertz CT molecular complexity index is 741. The van der Waals surface area contributed by atoms with Crippen molar-refractivity contribution in [1.82, 2.24) is 0 Å². The first kappa shape index (κ1) is 19.5. The molecule has 1 saturated carbocycles. The SMILES string of the molecule is O=C(CCC1CCCCC1)Nc1ccc(NCc2ccc(Cl)s2)cc1Cl. The average Bonchev–Trinajstić information content (AvgIpc) is 3.06. The van der Waals surface area contributed by atoms with Gasteiger partial charge in [0.2, 0.25) is 5.91 Å². The maximum absolute atomic E-state index is 12.2. The number of halogens is 2. The number of benzene rings is 1. The van der Waals surface area contributed by atoms with E-state index < -0.39 is 0 Å². The number of hydrogen-bond donors (Lipinski definition) is 2. The third-order valence-electron chi connectivity index (χ3n) is 4.84. The summed E-state index contributed by atoms with van der Waals surface area (Å²) in [6.45, 7) is 0.695. The van der Waals surface area contributed by atoms with E-state index in [-0.39, 0.29) is 5.91 Å². The van der Waals surface area contributed by atoms with Crippen LogP contribution in [-0.4, -0.2) is 5.91 Å². The van der Waals surface area contributed by atoms with Crippen LogP contribution >= 0.6 is 34.5 Å². The highest BCUT2D eigenvalue weighted by molar-refractivity contribution is 7.16. The van der Waals surface area contributed by atoms with Crippen LogP contribution in [0, 0.1) is 5.92 Å². The highest BCUT2D eigenvalue weighted by Crippen LogP contribution is 2.29. The second-order valence-corrected chi connectivity index (χ2v) is 9.05. The Morgan fingerprint density at radius 3 is 2.62 bits per heavy atom. The van der Waals surface area contributed by atoms with Gasteiger partial charge in [-0.15, -0.1) is 11.3 Å². The van der Waals surface area contributed by atoms with E-state index in [1.165, 1.54) is 32.1 Å². The Morgan fingerprint density at radius 1 is 1.12 bits per heavy atom. The molecule has 0 unspecified atom stereocenters. The van der Waals surface area contributed by atoms with Crippen molar-refractivity contribution in [3.8, 4) is 0 Å². The Balaban J connectivity index is 1.47. The van der Waals surface area contributed by atoms with Crippen LogP contribution in [0.5, 0.6) is 0 Å². The zero-order chi connectivity index (χ0) is 18.4. The van der Waals surface area contributed by atoms with Gasteiger partial charge in [0.1, 0.15) is 0 Å². The average molecular weight is 411 g/mol. The number of nitrogens with one attached hydrogen (secondary N) is 2. The van der Waals surface area contributed by atoms with Gasteiger partial charge in [0.15, 0.2) is 0 Å². The standard InChI is InChI=1S/C20H24Cl2N2OS/c21-17-12-15(23-13-16-8-10-19(22)26-16)7-9-18(17)24-20(25)11-6-14-4-2-1-3-5-14/h7-10,12,14,23H,1-6,11,13H2,(H,24,25). The smallest absolute Gasteiger partial charge is 0.224 e. The summed E-state index contributed by atoms with van der Waals surface area (Å²) in [5.74, 6) is 0.758. The molecule has 140 valence electrons. The fraction of sp³-hybridized carbons (Fsp3) is 0.450. The Hall–Kier alpha value is -1.23. The fourth-order valence-corrected chi connectivity index (χ4v) is 4.64. The molecule has 1 aliphatic carbocycles. The van der Waals surface area contributed by atoms with Crippen molar-refractivity contribution in [3.05, 3.63) is 44.6 Å². The topological polar surface area (TPSA) is 41.1 Å². The lowest BCUT2D eigenvalue weighted by atomic mass is 9.86. The summed E-state index contributed by atoms with van der Waals surface area (Å²) in [4.78, 5) is 13.4. The summed E-state index contributed by atoms with van der Waals surface area (Å²) in [5, 5.41) is 6.81. The molecule has 0 atom stereocenters. The second-order valence-electron chi connectivity index (χ2n) is 6.84. The fourth-order valence-electron chi connectivity index (χ4n) is 3.39. The Labute approximate surface area is 169 Å². The third-order valence-corrected chi connectivity index (χ3v) is 6.39. The maximum Gasteiger partial charge on any atom is 0.224 e. The quantitative estimate of drug-likeness (QED) is 0.517. The lowest BCUT2D eigenvalue weighted by Gasteiger charge is -2.21. The van der Waals surface area contributed by atoms with E-state index in [2.05, 4.69) is 10.6 Å². The van der Waals surface area contributed by atoms with Gasteiger partial charge in [-0.2, -0.15) is 0 Å². The van der Waals surface area contributed by atoms with Gasteiger partial charge in [-0.05, 0) is 42.7 Å². The number of hydrogen-bond acceptors (Lipinski definition) is 3. The molecule has 6 heteroatoms. The first-order valence-corrected chi connectivity index (χ1v) is 10.7. The molecule has 0 radical (unpaired) electrons. The number of anilines is 2. The van der Waals surface area contributed by atoms with Crippen LogP contribution in [0.15, 0.2) is 30.3 Å². The molecule has 3 nitrogen and oxygen atoms in total. The van der Waals surface area contributed by atoms with E-state index in [0.717, 1.165) is 21.3 Å². The minimum Gasteiger partial charge on any atom is -0.380 e. The van der Waals surface area contributed by atoms with Crippen LogP contribution < -0.4 is 10.6 Å². The predicted octanol–water partition coefficient (Wildman–Crippen LogP) is 6.97. The minimum absolute atomic E-state index is 0.0476. The van der Waals surface area contributed by atoms with E-state index in [0.29, 0.717) is 29.6 Å². The highest BCUT2D eigenvalue weighted by Gasteiger charge is 2.15. The van der Waals surface area contributed by atoms with Gasteiger partial charge >= 0.3 is 0 Å². The van der Waals surface area contributed by atoms with E-state index in [1.54, 1.807) is 11.3 Å². The summed E-state index contributed by atoms with van der Waals surface area (Å²) < 4.78 is 0.783. The van der Waals surface area contributed by atoms with Gasteiger partial charge in [0, 0.05) is 23.5 Å². The Kier molecular flexibility index (Phi) is 7.23. The van der Waals surface area contributed by atoms with Crippen LogP contribution in [-0.2, 0) is 11.3 Å². The van der Waals surface area contributed by atoms with Gasteiger partial charge in [-0.1, -0.05) is 55.3 Å². The molecule has 26 heavy (non-hydrogen) atoms. The lowest BCUT2D eigenvalue weighted by molar-refractivity contribution is -0.116. The van der Waals surface area contributed by atoms with Crippen molar-refractivity contribution in [1.29, 1.82) is 0 Å². The molecule has 0 saturated heterocycles. The molecule has 1 amide bonds. The highest BCUT2D eigenvalue weighted by atomic mass is 35.5. The van der Waals surface area contributed by atoms with Crippen molar-refractivity contribution in [3.63, 3.8) is 0 Å². The molecular weight excluding hydrogens is 387 g/mol. The van der Waals surface area contributed by atoms with Gasteiger partial charge < -0.3 is 10.6 Å². The summed E-state index contributed by atoms with van der Waals surface area (Å²) in [6, 6.07) is 9.51. The summed E-state index contributed by atoms with van der Waals surface area (Å²) >= 11 is 13.8. The molecule has 0 bridgehead atoms. The maximum atomic E-state index is 12.2. The molecular formula is C20H24Cl2N2OS. The van der Waals surface area contributed by atoms with Gasteiger partial charge in [-0.25, -0.2) is 0 Å². The van der Waals surface area contributed by atoms with Gasteiger partial charge in [0.05, 0.1) is 15.0 Å². The van der Waals surface area contributed by atoms with Crippen LogP contribution in [0.3, 0.4) is 0 Å². The molecule has 1 heterocycles. The molecule has 0 aliphatic heterocycles. The van der Waals surface area contributed by atoms with E-state index in [4.69, 9.17) is 23.2 Å². The first-order chi connectivity index (χ1) is 12.6. The number of amides is 1. The van der Waals surface area contributed by atoms with Gasteiger partial charge in [0.25, 0.3) is 0 Å². The van der Waals surface area contributed by atoms with Crippen molar-refractivity contribution >= 4 is 51.8 Å². The van der Waals surface area contributed by atoms with Crippen LogP contribution in [0.2, 0.25) is 9.36 Å². The lowest BCUT2D eigenvalue weighted by Crippen LogP contribution is -2.15. The zero-order valence-electron chi connectivity index (χ0n) is 14.7. The number of rotatable bonds is 7. The normalized spacial score (nSPS) is 15.0. The number of thiophene rings is 1. The van der Waals surface area contributed by atoms with E-state index in [1.807, 2.05) is 30.3 Å². The predicted molar refractivity (Wildman–Crippen MR) is 113 cm³/mol. The first-order valence-electron chi connectivity index (χ1n) is 9.17. The Morgan fingerprint density at radius 2 is 1.92 bits per heavy atom. The monoisotopic (exact) mass is 410 g/mol. The van der Waals surface area contributed by atoms with Crippen molar-refractivity contribution in [2.75, 3.05) is 10.6 Å². The molecule has 3 rings (SSSR count). The molecule has 0 spiro atoms. The molecule has 1 aromatic heterocycles. The summed E-state index contributed by atoms with van der Waals surface area (Å²) in [7, 11) is 0. The second kappa shape index (κ2) is 9.63. The van der Waals surface area contributed by atoms with Crippen molar-refractivity contribution in [2.45, 2.75) is 51.5 Å². The third kappa shape index (κ3) is 5.90. The number of carbonyl (C=O) groups excluding carboxylic acids is 1. The summed E-state index contributed by atoms with van der Waals surface area (Å²) in [6.07, 6.45) is 8.05. The zero-order valence-corrected chi connectivity index (χ0v) is 17.0. The van der Waals surface area contributed by atoms with Crippen LogP contribution in [0.1, 0.15) is 49.8 Å². The van der Waals surface area contributed by atoms with Crippen LogP contribution in [0.4, 0.5) is 11.4 Å². The van der Waals surface area contributed by atoms with Crippen molar-refractivity contribution in [2.24, 2.45) is 5.92 Å². The van der Waals surface area contributed by atoms with Crippen LogP contribution in [0.25, 0.3) is 0 Å². The molecule has 2 aromatic rings. The summed E-state index contributed by atoms with van der Waals surface area (Å²) in [5.41, 5.74) is 1.59.